The van der Waals surface area contributed by atoms with E-state index in [0.717, 1.165) is 6.07 Å². The SMILES string of the molecule is CC(C)COC(=O)c1ccc(OS(=O)(=O)c2cccc([N+](=O)[O-])c2)cc1. The van der Waals surface area contributed by atoms with Crippen LogP contribution in [0.3, 0.4) is 0 Å². The minimum absolute atomic E-state index is 0.0306. The maximum Gasteiger partial charge on any atom is 0.339 e. The first-order valence-electron chi connectivity index (χ1n) is 7.65. The molecule has 0 aliphatic rings. The molecule has 2 aromatic carbocycles. The fraction of sp³-hybridized carbons (Fsp3) is 0.235. The second-order valence-corrected chi connectivity index (χ2v) is 7.35. The molecule has 0 fully saturated rings. The van der Waals surface area contributed by atoms with Crippen molar-refractivity contribution >= 4 is 21.8 Å². The number of benzene rings is 2. The number of hydrogen-bond donors (Lipinski definition) is 0. The summed E-state index contributed by atoms with van der Waals surface area (Å²) in [4.78, 5) is 21.5. The van der Waals surface area contributed by atoms with Crippen LogP contribution in [0.1, 0.15) is 24.2 Å². The lowest BCUT2D eigenvalue weighted by Gasteiger charge is -2.09. The topological polar surface area (TPSA) is 113 Å². The molecule has 0 saturated carbocycles. The van der Waals surface area contributed by atoms with E-state index in [-0.39, 0.29) is 34.4 Å². The summed E-state index contributed by atoms with van der Waals surface area (Å²) in [6.45, 7) is 4.09. The van der Waals surface area contributed by atoms with Gasteiger partial charge < -0.3 is 8.92 Å². The van der Waals surface area contributed by atoms with E-state index in [1.807, 2.05) is 13.8 Å². The highest BCUT2D eigenvalue weighted by molar-refractivity contribution is 7.87. The number of nitro groups is 1. The van der Waals surface area contributed by atoms with Crippen LogP contribution in [-0.4, -0.2) is 25.9 Å². The van der Waals surface area contributed by atoms with Crippen LogP contribution in [0.15, 0.2) is 53.4 Å². The van der Waals surface area contributed by atoms with Gasteiger partial charge in [0.1, 0.15) is 10.6 Å². The van der Waals surface area contributed by atoms with Crippen molar-refractivity contribution in [2.75, 3.05) is 6.61 Å². The molecule has 0 unspecified atom stereocenters. The van der Waals surface area contributed by atoms with Crippen molar-refractivity contribution in [3.05, 3.63) is 64.2 Å². The van der Waals surface area contributed by atoms with Crippen LogP contribution in [0.4, 0.5) is 5.69 Å². The molecular formula is C17H17NO7S. The van der Waals surface area contributed by atoms with Gasteiger partial charge in [-0.05, 0) is 36.2 Å². The van der Waals surface area contributed by atoms with Crippen LogP contribution in [0.2, 0.25) is 0 Å². The number of carbonyl (C=O) groups excluding carboxylic acids is 1. The molecule has 2 rings (SSSR count). The molecule has 9 heteroatoms. The van der Waals surface area contributed by atoms with Crippen LogP contribution in [0, 0.1) is 16.0 Å². The van der Waals surface area contributed by atoms with Crippen LogP contribution in [0.5, 0.6) is 5.75 Å². The summed E-state index contributed by atoms with van der Waals surface area (Å²) in [6.07, 6.45) is 0. The van der Waals surface area contributed by atoms with Crippen LogP contribution in [-0.2, 0) is 14.9 Å². The molecule has 2 aromatic rings. The van der Waals surface area contributed by atoms with E-state index < -0.39 is 21.0 Å². The van der Waals surface area contributed by atoms with Gasteiger partial charge in [0.15, 0.2) is 0 Å². The fourth-order valence-electron chi connectivity index (χ4n) is 1.90. The Morgan fingerprint density at radius 3 is 2.38 bits per heavy atom. The van der Waals surface area contributed by atoms with Gasteiger partial charge in [-0.2, -0.15) is 8.42 Å². The van der Waals surface area contributed by atoms with E-state index >= 15 is 0 Å². The van der Waals surface area contributed by atoms with Crippen molar-refractivity contribution in [3.8, 4) is 5.75 Å². The molecule has 0 atom stereocenters. The molecule has 138 valence electrons. The van der Waals surface area contributed by atoms with Gasteiger partial charge in [-0.25, -0.2) is 4.79 Å². The lowest BCUT2D eigenvalue weighted by Crippen LogP contribution is -2.11. The highest BCUT2D eigenvalue weighted by Gasteiger charge is 2.20. The predicted octanol–water partition coefficient (Wildman–Crippen LogP) is 3.18. The normalized spacial score (nSPS) is 11.2. The first-order chi connectivity index (χ1) is 12.2. The van der Waals surface area contributed by atoms with Gasteiger partial charge in [0.05, 0.1) is 17.1 Å². The summed E-state index contributed by atoms with van der Waals surface area (Å²) in [7, 11) is -4.24. The molecule has 0 spiro atoms. The number of esters is 1. The molecular weight excluding hydrogens is 362 g/mol. The third kappa shape index (κ3) is 5.03. The second kappa shape index (κ2) is 7.96. The van der Waals surface area contributed by atoms with E-state index in [0.29, 0.717) is 0 Å². The van der Waals surface area contributed by atoms with Crippen LogP contribution >= 0.6 is 0 Å². The molecule has 0 amide bonds. The lowest BCUT2D eigenvalue weighted by atomic mass is 10.2. The summed E-state index contributed by atoms with van der Waals surface area (Å²) in [5.74, 6) is -0.356. The third-order valence-corrected chi connectivity index (χ3v) is 4.40. The highest BCUT2D eigenvalue weighted by atomic mass is 32.2. The lowest BCUT2D eigenvalue weighted by molar-refractivity contribution is -0.385. The molecule has 0 bridgehead atoms. The molecule has 0 aromatic heterocycles. The summed E-state index contributed by atoms with van der Waals surface area (Å²) < 4.78 is 34.5. The maximum atomic E-state index is 12.2. The van der Waals surface area contributed by atoms with Gasteiger partial charge in [-0.1, -0.05) is 19.9 Å². The Labute approximate surface area is 150 Å². The third-order valence-electron chi connectivity index (χ3n) is 3.16. The van der Waals surface area contributed by atoms with Crippen molar-refractivity contribution in [2.24, 2.45) is 5.92 Å². The smallest absolute Gasteiger partial charge is 0.339 e. The minimum Gasteiger partial charge on any atom is -0.462 e. The van der Waals surface area contributed by atoms with Crippen LogP contribution in [0.25, 0.3) is 0 Å². The highest BCUT2D eigenvalue weighted by Crippen LogP contribution is 2.22. The first kappa shape index (κ1) is 19.4. The van der Waals surface area contributed by atoms with E-state index in [1.54, 1.807) is 0 Å². The largest absolute Gasteiger partial charge is 0.462 e. The van der Waals surface area contributed by atoms with E-state index in [4.69, 9.17) is 8.92 Å². The molecule has 0 radical (unpaired) electrons. The van der Waals surface area contributed by atoms with Crippen LogP contribution < -0.4 is 4.18 Å². The van der Waals surface area contributed by atoms with Crippen molar-refractivity contribution in [1.82, 2.24) is 0 Å². The Hall–Kier alpha value is -2.94. The standard InChI is InChI=1S/C17H17NO7S/c1-12(2)11-24-17(19)13-6-8-15(9-7-13)25-26(22,23)16-5-3-4-14(10-16)18(20)21/h3-10,12H,11H2,1-2H3. The number of carbonyl (C=O) groups is 1. The number of nitrogens with zero attached hydrogens (tertiary/aromatic N) is 1. The molecule has 8 nitrogen and oxygen atoms in total. The fourth-order valence-corrected chi connectivity index (χ4v) is 2.87. The Bertz CT molecular complexity index is 905. The van der Waals surface area contributed by atoms with Gasteiger partial charge in [0, 0.05) is 12.1 Å². The van der Waals surface area contributed by atoms with Crippen molar-refractivity contribution in [2.45, 2.75) is 18.7 Å². The van der Waals surface area contributed by atoms with Gasteiger partial charge in [0.2, 0.25) is 0 Å². The zero-order valence-corrected chi connectivity index (χ0v) is 14.9. The molecule has 0 N–H and O–H groups in total. The zero-order valence-electron chi connectivity index (χ0n) is 14.1. The zero-order chi connectivity index (χ0) is 19.3. The number of nitro benzene ring substituents is 1. The Morgan fingerprint density at radius 2 is 1.81 bits per heavy atom. The first-order valence-corrected chi connectivity index (χ1v) is 9.06. The van der Waals surface area contributed by atoms with Crippen molar-refractivity contribution < 1.29 is 27.1 Å². The molecule has 0 heterocycles. The summed E-state index contributed by atoms with van der Waals surface area (Å²) in [5, 5.41) is 10.8. The van der Waals surface area contributed by atoms with Crippen molar-refractivity contribution in [1.29, 1.82) is 0 Å². The van der Waals surface area contributed by atoms with Gasteiger partial charge in [0.25, 0.3) is 5.69 Å². The number of ether oxygens (including phenoxy) is 1. The van der Waals surface area contributed by atoms with Gasteiger partial charge in [-0.3, -0.25) is 10.1 Å². The van der Waals surface area contributed by atoms with E-state index in [2.05, 4.69) is 0 Å². The Morgan fingerprint density at radius 1 is 1.15 bits per heavy atom. The minimum atomic E-state index is -4.24. The number of rotatable bonds is 7. The maximum absolute atomic E-state index is 12.2. The molecule has 0 aliphatic carbocycles. The monoisotopic (exact) mass is 379 g/mol. The Kier molecular flexibility index (Phi) is 5.93. The number of non-ortho nitro benzene ring substituents is 1. The molecule has 0 aliphatic heterocycles. The van der Waals surface area contributed by atoms with Gasteiger partial charge >= 0.3 is 16.1 Å². The average Bonchev–Trinajstić information content (AvgIpc) is 2.60. The Balaban J connectivity index is 2.14. The summed E-state index contributed by atoms with van der Waals surface area (Å²) >= 11 is 0. The summed E-state index contributed by atoms with van der Waals surface area (Å²) in [5.41, 5.74) is -0.108. The van der Waals surface area contributed by atoms with Gasteiger partial charge in [-0.15, -0.1) is 0 Å². The van der Waals surface area contributed by atoms with Crippen molar-refractivity contribution in [3.63, 3.8) is 0 Å². The quantitative estimate of drug-likeness (QED) is 0.314. The second-order valence-electron chi connectivity index (χ2n) is 5.81. The van der Waals surface area contributed by atoms with E-state index in [9.17, 15) is 23.3 Å². The molecule has 0 saturated heterocycles. The summed E-state index contributed by atoms with van der Waals surface area (Å²) in [6, 6.07) is 9.90. The predicted molar refractivity (Wildman–Crippen MR) is 92.5 cm³/mol. The molecule has 26 heavy (non-hydrogen) atoms. The number of hydrogen-bond acceptors (Lipinski definition) is 7. The van der Waals surface area contributed by atoms with E-state index in [1.165, 1.54) is 42.5 Å². The average molecular weight is 379 g/mol.